The van der Waals surface area contributed by atoms with Crippen LogP contribution in [0.2, 0.25) is 0 Å². The number of imidazole rings is 1. The predicted molar refractivity (Wildman–Crippen MR) is 81.5 cm³/mol. The highest BCUT2D eigenvalue weighted by atomic mass is 15.1. The molecule has 0 aliphatic rings. The molecule has 0 amide bonds. The molecule has 4 heteroatoms. The molecule has 2 heterocycles. The third kappa shape index (κ3) is 2.37. The van der Waals surface area contributed by atoms with Gasteiger partial charge < -0.3 is 10.3 Å². The van der Waals surface area contributed by atoms with Crippen LogP contribution in [0.5, 0.6) is 0 Å². The van der Waals surface area contributed by atoms with Crippen molar-refractivity contribution in [1.82, 2.24) is 14.5 Å². The van der Waals surface area contributed by atoms with Gasteiger partial charge in [0, 0.05) is 30.5 Å². The average molecular weight is 266 g/mol. The first kappa shape index (κ1) is 12.7. The Balaban J connectivity index is 2.04. The number of pyridine rings is 1. The quantitative estimate of drug-likeness (QED) is 0.789. The van der Waals surface area contributed by atoms with Crippen LogP contribution in [0.3, 0.4) is 0 Å². The molecule has 20 heavy (non-hydrogen) atoms. The van der Waals surface area contributed by atoms with E-state index in [2.05, 4.69) is 34.7 Å². The van der Waals surface area contributed by atoms with Gasteiger partial charge in [0.05, 0.1) is 11.0 Å². The van der Waals surface area contributed by atoms with E-state index in [1.165, 1.54) is 5.52 Å². The SMILES string of the molecule is CCCn1c(Cc2cc(N)ccn2)nc2ccccc21. The molecule has 0 atom stereocenters. The molecule has 0 aliphatic heterocycles. The van der Waals surface area contributed by atoms with Crippen molar-refractivity contribution in [2.24, 2.45) is 0 Å². The lowest BCUT2D eigenvalue weighted by Gasteiger charge is -2.07. The van der Waals surface area contributed by atoms with Crippen LogP contribution in [0.15, 0.2) is 42.6 Å². The van der Waals surface area contributed by atoms with Gasteiger partial charge in [-0.05, 0) is 30.7 Å². The average Bonchev–Trinajstić information content (AvgIpc) is 2.77. The number of hydrogen-bond donors (Lipinski definition) is 1. The Kier molecular flexibility index (Phi) is 3.37. The van der Waals surface area contributed by atoms with Gasteiger partial charge in [0.25, 0.3) is 0 Å². The molecule has 4 nitrogen and oxygen atoms in total. The molecule has 0 saturated carbocycles. The molecule has 1 aromatic carbocycles. The van der Waals surface area contributed by atoms with Crippen molar-refractivity contribution in [3.63, 3.8) is 0 Å². The van der Waals surface area contributed by atoms with Gasteiger partial charge in [0.15, 0.2) is 0 Å². The van der Waals surface area contributed by atoms with E-state index in [9.17, 15) is 0 Å². The summed E-state index contributed by atoms with van der Waals surface area (Å²) in [4.78, 5) is 9.11. The second-order valence-electron chi connectivity index (χ2n) is 4.93. The molecule has 0 spiro atoms. The minimum atomic E-state index is 0.708. The van der Waals surface area contributed by atoms with Crippen molar-refractivity contribution in [3.05, 3.63) is 54.1 Å². The van der Waals surface area contributed by atoms with Crippen molar-refractivity contribution in [2.75, 3.05) is 5.73 Å². The molecule has 3 rings (SSSR count). The number of rotatable bonds is 4. The molecule has 0 unspecified atom stereocenters. The van der Waals surface area contributed by atoms with E-state index < -0.39 is 0 Å². The molecule has 0 aliphatic carbocycles. The monoisotopic (exact) mass is 266 g/mol. The highest BCUT2D eigenvalue weighted by Crippen LogP contribution is 2.19. The van der Waals surface area contributed by atoms with E-state index in [0.717, 1.165) is 35.7 Å². The Morgan fingerprint density at radius 3 is 2.85 bits per heavy atom. The van der Waals surface area contributed by atoms with Crippen molar-refractivity contribution >= 4 is 16.7 Å². The number of nitrogen functional groups attached to an aromatic ring is 1. The van der Waals surface area contributed by atoms with E-state index in [4.69, 9.17) is 10.7 Å². The van der Waals surface area contributed by atoms with Crippen LogP contribution in [0, 0.1) is 0 Å². The summed E-state index contributed by atoms with van der Waals surface area (Å²) in [6.07, 6.45) is 3.54. The number of benzene rings is 1. The molecule has 102 valence electrons. The first-order valence-electron chi connectivity index (χ1n) is 6.92. The number of hydrogen-bond acceptors (Lipinski definition) is 3. The smallest absolute Gasteiger partial charge is 0.115 e. The first-order valence-corrected chi connectivity index (χ1v) is 6.92. The summed E-state index contributed by atoms with van der Waals surface area (Å²) < 4.78 is 2.28. The zero-order valence-electron chi connectivity index (χ0n) is 11.6. The zero-order valence-corrected chi connectivity index (χ0v) is 11.6. The summed E-state index contributed by atoms with van der Waals surface area (Å²) in [6, 6.07) is 12.0. The summed E-state index contributed by atoms with van der Waals surface area (Å²) in [5.74, 6) is 1.05. The van der Waals surface area contributed by atoms with Gasteiger partial charge in [-0.3, -0.25) is 4.98 Å². The van der Waals surface area contributed by atoms with Crippen LogP contribution in [0.1, 0.15) is 24.9 Å². The maximum atomic E-state index is 5.82. The fourth-order valence-corrected chi connectivity index (χ4v) is 2.49. The second kappa shape index (κ2) is 5.33. The van der Waals surface area contributed by atoms with Crippen molar-refractivity contribution < 1.29 is 0 Å². The van der Waals surface area contributed by atoms with Crippen LogP contribution in [0.25, 0.3) is 11.0 Å². The van der Waals surface area contributed by atoms with Gasteiger partial charge in [-0.25, -0.2) is 4.98 Å². The van der Waals surface area contributed by atoms with Crippen LogP contribution in [-0.2, 0) is 13.0 Å². The standard InChI is InChI=1S/C16H18N4/c1-2-9-20-15-6-4-3-5-14(15)19-16(20)11-13-10-12(17)7-8-18-13/h3-8,10H,2,9,11H2,1H3,(H2,17,18). The van der Waals surface area contributed by atoms with Gasteiger partial charge >= 0.3 is 0 Å². The highest BCUT2D eigenvalue weighted by molar-refractivity contribution is 5.76. The van der Waals surface area contributed by atoms with Gasteiger partial charge in [-0.1, -0.05) is 19.1 Å². The molecule has 2 aromatic heterocycles. The van der Waals surface area contributed by atoms with Crippen molar-refractivity contribution in [1.29, 1.82) is 0 Å². The molecule has 0 bridgehead atoms. The van der Waals surface area contributed by atoms with Crippen LogP contribution >= 0.6 is 0 Å². The molecular weight excluding hydrogens is 248 g/mol. The maximum Gasteiger partial charge on any atom is 0.115 e. The third-order valence-electron chi connectivity index (χ3n) is 3.36. The van der Waals surface area contributed by atoms with Crippen LogP contribution in [-0.4, -0.2) is 14.5 Å². The van der Waals surface area contributed by atoms with E-state index in [1.54, 1.807) is 12.3 Å². The Bertz CT molecular complexity index is 730. The van der Waals surface area contributed by atoms with Crippen LogP contribution < -0.4 is 5.73 Å². The lowest BCUT2D eigenvalue weighted by Crippen LogP contribution is -2.05. The molecule has 3 aromatic rings. The fraction of sp³-hybridized carbons (Fsp3) is 0.250. The normalized spacial score (nSPS) is 11.1. The number of nitrogens with two attached hydrogens (primary N) is 1. The van der Waals surface area contributed by atoms with Crippen molar-refractivity contribution in [3.8, 4) is 0 Å². The van der Waals surface area contributed by atoms with E-state index in [1.807, 2.05) is 12.1 Å². The topological polar surface area (TPSA) is 56.7 Å². The Labute approximate surface area is 118 Å². The summed E-state index contributed by atoms with van der Waals surface area (Å²) >= 11 is 0. The number of aryl methyl sites for hydroxylation is 1. The summed E-state index contributed by atoms with van der Waals surface area (Å²) in [5, 5.41) is 0. The maximum absolute atomic E-state index is 5.82. The molecule has 0 saturated heterocycles. The number of nitrogens with zero attached hydrogens (tertiary/aromatic N) is 3. The molecule has 0 fully saturated rings. The number of para-hydroxylation sites is 2. The third-order valence-corrected chi connectivity index (χ3v) is 3.36. The van der Waals surface area contributed by atoms with E-state index in [0.29, 0.717) is 6.42 Å². The minimum Gasteiger partial charge on any atom is -0.399 e. The largest absolute Gasteiger partial charge is 0.399 e. The number of anilines is 1. The fourth-order valence-electron chi connectivity index (χ4n) is 2.49. The number of aromatic nitrogens is 3. The van der Waals surface area contributed by atoms with Gasteiger partial charge in [-0.15, -0.1) is 0 Å². The summed E-state index contributed by atoms with van der Waals surface area (Å²) in [7, 11) is 0. The van der Waals surface area contributed by atoms with E-state index >= 15 is 0 Å². The predicted octanol–water partition coefficient (Wildman–Crippen LogP) is 3.01. The first-order chi connectivity index (χ1) is 9.78. The number of fused-ring (bicyclic) bond motifs is 1. The van der Waals surface area contributed by atoms with Gasteiger partial charge in [0.2, 0.25) is 0 Å². The summed E-state index contributed by atoms with van der Waals surface area (Å²) in [5.41, 5.74) is 9.75. The van der Waals surface area contributed by atoms with E-state index in [-0.39, 0.29) is 0 Å². The van der Waals surface area contributed by atoms with Gasteiger partial charge in [0.1, 0.15) is 5.82 Å². The highest BCUT2D eigenvalue weighted by Gasteiger charge is 2.10. The molecule has 2 N–H and O–H groups in total. The van der Waals surface area contributed by atoms with Crippen molar-refractivity contribution in [2.45, 2.75) is 26.3 Å². The lowest BCUT2D eigenvalue weighted by atomic mass is 10.2. The summed E-state index contributed by atoms with van der Waals surface area (Å²) in [6.45, 7) is 3.15. The minimum absolute atomic E-state index is 0.708. The molecule has 0 radical (unpaired) electrons. The Morgan fingerprint density at radius 2 is 2.05 bits per heavy atom. The van der Waals surface area contributed by atoms with Gasteiger partial charge in [-0.2, -0.15) is 0 Å². The van der Waals surface area contributed by atoms with Crippen LogP contribution in [0.4, 0.5) is 5.69 Å². The second-order valence-corrected chi connectivity index (χ2v) is 4.93. The Hall–Kier alpha value is -2.36. The zero-order chi connectivity index (χ0) is 13.9. The lowest BCUT2D eigenvalue weighted by molar-refractivity contribution is 0.662. The Morgan fingerprint density at radius 1 is 1.20 bits per heavy atom. The molecular formula is C16H18N4.